The van der Waals surface area contributed by atoms with Crippen LogP contribution >= 0.6 is 35.0 Å². The molecule has 2 heterocycles. The van der Waals surface area contributed by atoms with Crippen LogP contribution in [0, 0.1) is 5.92 Å². The Morgan fingerprint density at radius 1 is 1.00 bits per heavy atom. The Morgan fingerprint density at radius 3 is 2.53 bits per heavy atom. The number of tetrazole rings is 1. The second-order valence-electron chi connectivity index (χ2n) is 7.07. The lowest BCUT2D eigenvalue weighted by Crippen LogP contribution is -2.08. The van der Waals surface area contributed by atoms with E-state index in [2.05, 4.69) is 44.1 Å². The van der Waals surface area contributed by atoms with Gasteiger partial charge in [-0.2, -0.15) is 4.68 Å². The molecule has 0 aliphatic rings. The van der Waals surface area contributed by atoms with E-state index in [9.17, 15) is 0 Å². The van der Waals surface area contributed by atoms with Gasteiger partial charge in [-0.05, 0) is 46.7 Å². The minimum absolute atomic E-state index is 0.403. The van der Waals surface area contributed by atoms with Crippen molar-refractivity contribution in [3.05, 3.63) is 64.4 Å². The maximum atomic E-state index is 6.43. The van der Waals surface area contributed by atoms with E-state index in [4.69, 9.17) is 23.2 Å². The third-order valence-corrected chi connectivity index (χ3v) is 5.81. The number of nitrogens with zero attached hydrogens (tertiary/aromatic N) is 7. The lowest BCUT2D eigenvalue weighted by Gasteiger charge is -2.13. The van der Waals surface area contributed by atoms with Crippen molar-refractivity contribution in [1.29, 1.82) is 0 Å². The van der Waals surface area contributed by atoms with Gasteiger partial charge in [-0.3, -0.25) is 0 Å². The van der Waals surface area contributed by atoms with Crippen LogP contribution < -0.4 is 0 Å². The van der Waals surface area contributed by atoms with Gasteiger partial charge in [0.05, 0.1) is 16.5 Å². The number of aromatic nitrogens is 7. The zero-order valence-electron chi connectivity index (χ0n) is 16.4. The molecule has 154 valence electrons. The molecule has 0 spiro atoms. The van der Waals surface area contributed by atoms with E-state index < -0.39 is 0 Å². The van der Waals surface area contributed by atoms with Crippen LogP contribution in [0.15, 0.2) is 53.7 Å². The molecular weight excluding hydrogens is 441 g/mol. The van der Waals surface area contributed by atoms with Crippen LogP contribution in [0.4, 0.5) is 0 Å². The van der Waals surface area contributed by atoms with Gasteiger partial charge in [0.25, 0.3) is 0 Å². The van der Waals surface area contributed by atoms with E-state index in [1.165, 1.54) is 11.8 Å². The molecule has 0 amide bonds. The molecule has 0 unspecified atom stereocenters. The summed E-state index contributed by atoms with van der Waals surface area (Å²) < 4.78 is 3.81. The predicted octanol–water partition coefficient (Wildman–Crippen LogP) is 5.18. The minimum Gasteiger partial charge on any atom is -0.302 e. The quantitative estimate of drug-likeness (QED) is 0.354. The summed E-state index contributed by atoms with van der Waals surface area (Å²) in [6, 6.07) is 15.2. The maximum absolute atomic E-state index is 6.43. The highest BCUT2D eigenvalue weighted by atomic mass is 35.5. The number of benzene rings is 2. The average molecular weight is 460 g/mol. The van der Waals surface area contributed by atoms with E-state index >= 15 is 0 Å². The monoisotopic (exact) mass is 459 g/mol. The predicted molar refractivity (Wildman–Crippen MR) is 119 cm³/mol. The molecule has 0 radical (unpaired) electrons. The van der Waals surface area contributed by atoms with Crippen LogP contribution in [-0.4, -0.2) is 35.0 Å². The number of para-hydroxylation sites is 1. The molecule has 10 heteroatoms. The number of thioether (sulfide) groups is 1. The van der Waals surface area contributed by atoms with Crippen molar-refractivity contribution < 1.29 is 0 Å². The van der Waals surface area contributed by atoms with Gasteiger partial charge in [0.2, 0.25) is 0 Å². The second-order valence-corrected chi connectivity index (χ2v) is 8.85. The van der Waals surface area contributed by atoms with Crippen molar-refractivity contribution in [2.75, 3.05) is 0 Å². The van der Waals surface area contributed by atoms with Crippen LogP contribution in [0.2, 0.25) is 10.0 Å². The first kappa shape index (κ1) is 20.8. The van der Waals surface area contributed by atoms with Crippen LogP contribution in [0.1, 0.15) is 19.7 Å². The number of halogens is 2. The molecular formula is C20H19Cl2N7S. The summed E-state index contributed by atoms with van der Waals surface area (Å²) in [7, 11) is 0. The molecule has 30 heavy (non-hydrogen) atoms. The summed E-state index contributed by atoms with van der Waals surface area (Å²) in [6.45, 7) is 5.06. The molecule has 4 rings (SSSR count). The third kappa shape index (κ3) is 4.50. The van der Waals surface area contributed by atoms with Gasteiger partial charge >= 0.3 is 0 Å². The molecule has 0 fully saturated rings. The molecule has 0 aliphatic carbocycles. The molecule has 0 aliphatic heterocycles. The number of rotatable bonds is 7. The first-order valence-corrected chi connectivity index (χ1v) is 11.1. The Bertz CT molecular complexity index is 1140. The highest BCUT2D eigenvalue weighted by Gasteiger charge is 2.19. The lowest BCUT2D eigenvalue weighted by atomic mass is 10.2. The maximum Gasteiger partial charge on any atom is 0.191 e. The van der Waals surface area contributed by atoms with Gasteiger partial charge in [0, 0.05) is 17.1 Å². The Labute approximate surface area is 188 Å². The first-order chi connectivity index (χ1) is 14.5. The van der Waals surface area contributed by atoms with E-state index in [0.29, 0.717) is 21.7 Å². The number of hydrogen-bond acceptors (Lipinski definition) is 6. The molecule has 0 bridgehead atoms. The lowest BCUT2D eigenvalue weighted by molar-refractivity contribution is 0.498. The second kappa shape index (κ2) is 9.16. The van der Waals surface area contributed by atoms with Gasteiger partial charge in [-0.1, -0.05) is 67.0 Å². The van der Waals surface area contributed by atoms with Crippen LogP contribution in [0.25, 0.3) is 17.1 Å². The van der Waals surface area contributed by atoms with Gasteiger partial charge in [0.15, 0.2) is 16.8 Å². The van der Waals surface area contributed by atoms with E-state index in [1.807, 2.05) is 36.4 Å². The van der Waals surface area contributed by atoms with E-state index in [-0.39, 0.29) is 0 Å². The molecule has 2 aromatic carbocycles. The Hall–Kier alpha value is -2.42. The Balaban J connectivity index is 1.63. The largest absolute Gasteiger partial charge is 0.302 e. The third-order valence-electron chi connectivity index (χ3n) is 4.30. The van der Waals surface area contributed by atoms with Gasteiger partial charge in [0.1, 0.15) is 0 Å². The standard InChI is InChI=1S/C20H19Cl2N7S/c1-13(2)11-28-19(16-9-8-14(21)10-17(16)22)24-25-20(28)30-12-18-23-26-27-29(18)15-6-4-3-5-7-15/h3-10,13H,11-12H2,1-2H3. The van der Waals surface area contributed by atoms with Crippen LogP contribution in [0.3, 0.4) is 0 Å². The highest BCUT2D eigenvalue weighted by Crippen LogP contribution is 2.32. The Kier molecular flexibility index (Phi) is 6.36. The molecule has 4 aromatic rings. The fraction of sp³-hybridized carbons (Fsp3) is 0.250. The summed E-state index contributed by atoms with van der Waals surface area (Å²) in [4.78, 5) is 0. The molecule has 0 saturated heterocycles. The molecule has 0 N–H and O–H groups in total. The minimum atomic E-state index is 0.403. The van der Waals surface area contributed by atoms with Gasteiger partial charge in [-0.15, -0.1) is 15.3 Å². The van der Waals surface area contributed by atoms with Crippen LogP contribution in [0.5, 0.6) is 0 Å². The average Bonchev–Trinajstić information content (AvgIpc) is 3.34. The van der Waals surface area contributed by atoms with Crippen molar-refractivity contribution >= 4 is 35.0 Å². The fourth-order valence-electron chi connectivity index (χ4n) is 2.99. The molecule has 0 atom stereocenters. The summed E-state index contributed by atoms with van der Waals surface area (Å²) in [6.07, 6.45) is 0. The van der Waals surface area contributed by atoms with Crippen molar-refractivity contribution in [2.24, 2.45) is 5.92 Å². The molecule has 0 saturated carbocycles. The first-order valence-electron chi connectivity index (χ1n) is 9.37. The summed E-state index contributed by atoms with van der Waals surface area (Å²) in [5.41, 5.74) is 1.71. The van der Waals surface area contributed by atoms with Crippen molar-refractivity contribution in [3.63, 3.8) is 0 Å². The smallest absolute Gasteiger partial charge is 0.191 e. The Morgan fingerprint density at radius 2 is 1.80 bits per heavy atom. The molecule has 7 nitrogen and oxygen atoms in total. The zero-order chi connectivity index (χ0) is 21.1. The zero-order valence-corrected chi connectivity index (χ0v) is 18.7. The fourth-order valence-corrected chi connectivity index (χ4v) is 4.34. The number of hydrogen-bond donors (Lipinski definition) is 0. The SMILES string of the molecule is CC(C)Cn1c(SCc2nnnn2-c2ccccc2)nnc1-c1ccc(Cl)cc1Cl. The van der Waals surface area contributed by atoms with Gasteiger partial charge in [-0.25, -0.2) is 0 Å². The normalized spacial score (nSPS) is 11.4. The van der Waals surface area contributed by atoms with E-state index in [0.717, 1.165) is 34.6 Å². The van der Waals surface area contributed by atoms with Crippen molar-refractivity contribution in [3.8, 4) is 17.1 Å². The summed E-state index contributed by atoms with van der Waals surface area (Å²) in [5.74, 6) is 2.40. The van der Waals surface area contributed by atoms with Crippen molar-refractivity contribution in [2.45, 2.75) is 31.3 Å². The highest BCUT2D eigenvalue weighted by molar-refractivity contribution is 7.98. The van der Waals surface area contributed by atoms with E-state index in [1.54, 1.807) is 16.8 Å². The van der Waals surface area contributed by atoms with Crippen LogP contribution in [-0.2, 0) is 12.3 Å². The summed E-state index contributed by atoms with van der Waals surface area (Å²) >= 11 is 14.0. The summed E-state index contributed by atoms with van der Waals surface area (Å²) in [5, 5.41) is 22.9. The topological polar surface area (TPSA) is 74.3 Å². The molecule has 2 aromatic heterocycles. The van der Waals surface area contributed by atoms with Crippen molar-refractivity contribution in [1.82, 2.24) is 35.0 Å². The van der Waals surface area contributed by atoms with Gasteiger partial charge < -0.3 is 4.57 Å².